The zero-order chi connectivity index (χ0) is 12.0. The van der Waals surface area contributed by atoms with Crippen LogP contribution in [0.3, 0.4) is 0 Å². The van der Waals surface area contributed by atoms with Crippen molar-refractivity contribution in [3.63, 3.8) is 0 Å². The van der Waals surface area contributed by atoms with Gasteiger partial charge in [-0.25, -0.2) is 0 Å². The number of thioether (sulfide) groups is 1. The number of hydrogen-bond acceptors (Lipinski definition) is 3. The molecule has 0 saturated heterocycles. The molecule has 16 heavy (non-hydrogen) atoms. The van der Waals surface area contributed by atoms with Crippen molar-refractivity contribution in [1.29, 1.82) is 0 Å². The van der Waals surface area contributed by atoms with Gasteiger partial charge in [0.05, 0.1) is 12.2 Å². The number of aryl methyl sites for hydroxylation is 2. The molecule has 0 aliphatic rings. The van der Waals surface area contributed by atoms with Crippen LogP contribution in [0.15, 0.2) is 0 Å². The first-order valence-corrected chi connectivity index (χ1v) is 7.11. The summed E-state index contributed by atoms with van der Waals surface area (Å²) in [6, 6.07) is 0. The Kier molecular flexibility index (Phi) is 5.91. The highest BCUT2D eigenvalue weighted by Gasteiger charge is 2.10. The molecule has 0 radical (unpaired) electrons. The molecule has 1 rings (SSSR count). The molecule has 0 aliphatic carbocycles. The quantitative estimate of drug-likeness (QED) is 0.741. The normalized spacial score (nSPS) is 11.0. The molecule has 1 aromatic rings. The van der Waals surface area contributed by atoms with Crippen molar-refractivity contribution in [2.24, 2.45) is 0 Å². The molecule has 1 aromatic heterocycles. The molecule has 4 heteroatoms. The van der Waals surface area contributed by atoms with Crippen LogP contribution < -0.4 is 5.32 Å². The van der Waals surface area contributed by atoms with Crippen molar-refractivity contribution in [2.45, 2.75) is 33.7 Å². The van der Waals surface area contributed by atoms with E-state index >= 15 is 0 Å². The zero-order valence-corrected chi connectivity index (χ0v) is 11.7. The lowest BCUT2D eigenvalue weighted by Crippen LogP contribution is -2.11. The number of hydrogen-bond donors (Lipinski definition) is 1. The standard InChI is InChI=1S/C12H23N3S/c1-5-16-9-8-15-11(3)12(6-7-13-4)10(2)14-15/h13H,5-9H2,1-4H3. The summed E-state index contributed by atoms with van der Waals surface area (Å²) in [4.78, 5) is 0. The predicted molar refractivity (Wildman–Crippen MR) is 72.3 cm³/mol. The fourth-order valence-corrected chi connectivity index (χ4v) is 2.45. The van der Waals surface area contributed by atoms with Gasteiger partial charge in [-0.2, -0.15) is 16.9 Å². The summed E-state index contributed by atoms with van der Waals surface area (Å²) < 4.78 is 2.16. The number of nitrogens with zero attached hydrogens (tertiary/aromatic N) is 2. The van der Waals surface area contributed by atoms with E-state index in [9.17, 15) is 0 Å². The van der Waals surface area contributed by atoms with E-state index in [2.05, 4.69) is 35.9 Å². The highest BCUT2D eigenvalue weighted by Crippen LogP contribution is 2.14. The minimum atomic E-state index is 1.02. The van der Waals surface area contributed by atoms with Gasteiger partial charge in [0.25, 0.3) is 0 Å². The van der Waals surface area contributed by atoms with Gasteiger partial charge >= 0.3 is 0 Å². The Bertz CT molecular complexity index is 320. The highest BCUT2D eigenvalue weighted by atomic mass is 32.2. The Morgan fingerprint density at radius 2 is 2.12 bits per heavy atom. The SMILES string of the molecule is CCSCCn1nc(C)c(CCNC)c1C. The Hall–Kier alpha value is -0.480. The molecule has 1 heterocycles. The molecule has 0 saturated carbocycles. The minimum absolute atomic E-state index is 1.02. The van der Waals surface area contributed by atoms with Crippen LogP contribution in [0, 0.1) is 13.8 Å². The van der Waals surface area contributed by atoms with E-state index in [-0.39, 0.29) is 0 Å². The van der Waals surface area contributed by atoms with E-state index in [1.807, 2.05) is 18.8 Å². The van der Waals surface area contributed by atoms with E-state index in [1.54, 1.807) is 0 Å². The Balaban J connectivity index is 2.64. The van der Waals surface area contributed by atoms with Crippen LogP contribution in [-0.4, -0.2) is 34.9 Å². The maximum absolute atomic E-state index is 4.61. The molecule has 0 bridgehead atoms. The second-order valence-electron chi connectivity index (χ2n) is 3.92. The Morgan fingerprint density at radius 3 is 2.75 bits per heavy atom. The summed E-state index contributed by atoms with van der Waals surface area (Å²) in [7, 11) is 1.99. The van der Waals surface area contributed by atoms with Crippen molar-refractivity contribution < 1.29 is 0 Å². The summed E-state index contributed by atoms with van der Waals surface area (Å²) in [5, 5.41) is 7.80. The van der Waals surface area contributed by atoms with E-state index in [1.165, 1.54) is 22.7 Å². The van der Waals surface area contributed by atoms with Gasteiger partial charge in [0, 0.05) is 11.4 Å². The van der Waals surface area contributed by atoms with Crippen LogP contribution in [-0.2, 0) is 13.0 Å². The third-order valence-corrected chi connectivity index (χ3v) is 3.69. The van der Waals surface area contributed by atoms with Gasteiger partial charge in [-0.15, -0.1) is 0 Å². The molecule has 0 atom stereocenters. The van der Waals surface area contributed by atoms with Crippen molar-refractivity contribution in [2.75, 3.05) is 25.1 Å². The van der Waals surface area contributed by atoms with Crippen LogP contribution in [0.4, 0.5) is 0 Å². The van der Waals surface area contributed by atoms with Crippen molar-refractivity contribution in [1.82, 2.24) is 15.1 Å². The molecule has 0 aromatic carbocycles. The van der Waals surface area contributed by atoms with Crippen LogP contribution in [0.5, 0.6) is 0 Å². The average Bonchev–Trinajstić information content (AvgIpc) is 2.53. The average molecular weight is 241 g/mol. The fourth-order valence-electron chi connectivity index (χ4n) is 1.86. The molecule has 0 unspecified atom stereocenters. The number of nitrogens with one attached hydrogen (secondary N) is 1. The third-order valence-electron chi connectivity index (χ3n) is 2.81. The van der Waals surface area contributed by atoms with E-state index in [4.69, 9.17) is 0 Å². The summed E-state index contributed by atoms with van der Waals surface area (Å²) >= 11 is 1.97. The largest absolute Gasteiger partial charge is 0.319 e. The van der Waals surface area contributed by atoms with Gasteiger partial charge in [-0.3, -0.25) is 4.68 Å². The fraction of sp³-hybridized carbons (Fsp3) is 0.750. The Labute approximate surface area is 103 Å². The number of likely N-dealkylation sites (N-methyl/N-ethyl adjacent to an activating group) is 1. The first kappa shape index (κ1) is 13.6. The second-order valence-corrected chi connectivity index (χ2v) is 5.32. The lowest BCUT2D eigenvalue weighted by Gasteiger charge is -2.04. The summed E-state index contributed by atoms with van der Waals surface area (Å²) in [6.07, 6.45) is 1.08. The Morgan fingerprint density at radius 1 is 1.38 bits per heavy atom. The van der Waals surface area contributed by atoms with Gasteiger partial charge in [-0.1, -0.05) is 6.92 Å². The van der Waals surface area contributed by atoms with E-state index < -0.39 is 0 Å². The van der Waals surface area contributed by atoms with Crippen LogP contribution >= 0.6 is 11.8 Å². The minimum Gasteiger partial charge on any atom is -0.319 e. The van der Waals surface area contributed by atoms with Gasteiger partial charge in [0.1, 0.15) is 0 Å². The topological polar surface area (TPSA) is 29.9 Å². The zero-order valence-electron chi connectivity index (χ0n) is 10.8. The van der Waals surface area contributed by atoms with Gasteiger partial charge in [-0.05, 0) is 45.2 Å². The molecule has 3 nitrogen and oxygen atoms in total. The number of rotatable bonds is 7. The molecular formula is C12H23N3S. The maximum atomic E-state index is 4.61. The lowest BCUT2D eigenvalue weighted by atomic mass is 10.1. The van der Waals surface area contributed by atoms with Crippen molar-refractivity contribution >= 4 is 11.8 Å². The molecule has 0 spiro atoms. The maximum Gasteiger partial charge on any atom is 0.0628 e. The highest BCUT2D eigenvalue weighted by molar-refractivity contribution is 7.99. The summed E-state index contributed by atoms with van der Waals surface area (Å²) in [6.45, 7) is 8.55. The summed E-state index contributed by atoms with van der Waals surface area (Å²) in [5.41, 5.74) is 3.94. The first-order chi connectivity index (χ1) is 7.70. The summed E-state index contributed by atoms with van der Waals surface area (Å²) in [5.74, 6) is 2.34. The molecule has 0 amide bonds. The van der Waals surface area contributed by atoms with Crippen LogP contribution in [0.2, 0.25) is 0 Å². The first-order valence-electron chi connectivity index (χ1n) is 5.96. The molecule has 92 valence electrons. The third kappa shape index (κ3) is 3.52. The molecule has 1 N–H and O–H groups in total. The molecular weight excluding hydrogens is 218 g/mol. The van der Waals surface area contributed by atoms with Gasteiger partial charge in [0.2, 0.25) is 0 Å². The van der Waals surface area contributed by atoms with Crippen molar-refractivity contribution in [3.05, 3.63) is 17.0 Å². The van der Waals surface area contributed by atoms with E-state index in [0.717, 1.165) is 25.3 Å². The smallest absolute Gasteiger partial charge is 0.0628 e. The van der Waals surface area contributed by atoms with Gasteiger partial charge < -0.3 is 5.32 Å². The monoisotopic (exact) mass is 241 g/mol. The van der Waals surface area contributed by atoms with Crippen molar-refractivity contribution in [3.8, 4) is 0 Å². The van der Waals surface area contributed by atoms with E-state index in [0.29, 0.717) is 0 Å². The predicted octanol–water partition coefficient (Wildman–Crippen LogP) is 2.01. The van der Waals surface area contributed by atoms with Gasteiger partial charge in [0.15, 0.2) is 0 Å². The van der Waals surface area contributed by atoms with Crippen LogP contribution in [0.1, 0.15) is 23.9 Å². The lowest BCUT2D eigenvalue weighted by molar-refractivity contribution is 0.639. The van der Waals surface area contributed by atoms with Crippen LogP contribution in [0.25, 0.3) is 0 Å². The number of aromatic nitrogens is 2. The molecule has 0 aliphatic heterocycles. The second kappa shape index (κ2) is 6.97. The molecule has 0 fully saturated rings.